The number of para-hydroxylation sites is 2. The fourth-order valence-electron chi connectivity index (χ4n) is 3.11. The number of carbonyl (C=O) groups excluding carboxylic acids is 1. The van der Waals surface area contributed by atoms with Crippen molar-refractivity contribution < 1.29 is 33.8 Å². The van der Waals surface area contributed by atoms with E-state index in [1.807, 2.05) is 24.3 Å². The molecule has 9 heteroatoms. The molecule has 0 saturated heterocycles. The van der Waals surface area contributed by atoms with E-state index in [0.29, 0.717) is 29.9 Å². The van der Waals surface area contributed by atoms with E-state index in [4.69, 9.17) is 18.9 Å². The number of furan rings is 1. The van der Waals surface area contributed by atoms with E-state index in [1.165, 1.54) is 0 Å². The first-order chi connectivity index (χ1) is 14.6. The number of benzene rings is 2. The van der Waals surface area contributed by atoms with Gasteiger partial charge in [-0.2, -0.15) is 0 Å². The summed E-state index contributed by atoms with van der Waals surface area (Å²) in [6, 6.07) is 14.5. The van der Waals surface area contributed by atoms with Crippen molar-refractivity contribution in [1.82, 2.24) is 5.32 Å². The number of nitrogens with one attached hydrogen (secondary N) is 1. The molecular formula is C21H24BNO7. The van der Waals surface area contributed by atoms with Crippen molar-refractivity contribution in [2.45, 2.75) is 25.5 Å². The fourth-order valence-corrected chi connectivity index (χ4v) is 3.11. The summed E-state index contributed by atoms with van der Waals surface area (Å²) < 4.78 is 16.2. The van der Waals surface area contributed by atoms with Crippen LogP contribution in [-0.4, -0.2) is 47.8 Å². The molecule has 0 spiro atoms. The average molecular weight is 413 g/mol. The van der Waals surface area contributed by atoms with Crippen molar-refractivity contribution in [3.05, 3.63) is 65.9 Å². The van der Waals surface area contributed by atoms with Crippen LogP contribution in [0.4, 0.5) is 0 Å². The average Bonchev–Trinajstić information content (AvgIpc) is 3.12. The van der Waals surface area contributed by atoms with Gasteiger partial charge >= 0.3 is 7.32 Å². The Morgan fingerprint density at radius 1 is 1.10 bits per heavy atom. The summed E-state index contributed by atoms with van der Waals surface area (Å²) in [7, 11) is -2.04. The van der Waals surface area contributed by atoms with Crippen LogP contribution < -0.4 is 10.1 Å². The Labute approximate surface area is 174 Å². The number of ether oxygens (including phenoxy) is 1. The summed E-state index contributed by atoms with van der Waals surface area (Å²) in [5.41, 5.74) is 2.13. The van der Waals surface area contributed by atoms with Crippen LogP contribution in [0.3, 0.4) is 0 Å². The molecule has 3 rings (SSSR count). The fraction of sp³-hybridized carbons (Fsp3) is 0.286. The lowest BCUT2D eigenvalue weighted by Gasteiger charge is -2.19. The second-order valence-corrected chi connectivity index (χ2v) is 6.69. The Bertz CT molecular complexity index is 959. The zero-order valence-corrected chi connectivity index (χ0v) is 16.4. The molecule has 1 amide bonds. The van der Waals surface area contributed by atoms with Gasteiger partial charge in [0.2, 0.25) is 5.91 Å². The molecule has 1 heterocycles. The number of aliphatic hydroxyl groups is 1. The maximum Gasteiger partial charge on any atom is 0.635 e. The molecule has 1 atom stereocenters. The van der Waals surface area contributed by atoms with E-state index < -0.39 is 13.5 Å². The molecule has 1 aromatic heterocycles. The first-order valence-electron chi connectivity index (χ1n) is 9.64. The van der Waals surface area contributed by atoms with Crippen molar-refractivity contribution in [2.24, 2.45) is 0 Å². The van der Waals surface area contributed by atoms with Crippen LogP contribution in [0.5, 0.6) is 5.75 Å². The number of aliphatic hydroxyl groups excluding tert-OH is 1. The van der Waals surface area contributed by atoms with Gasteiger partial charge in [-0.15, -0.1) is 0 Å². The minimum absolute atomic E-state index is 0.0167. The molecule has 0 saturated carbocycles. The van der Waals surface area contributed by atoms with Gasteiger partial charge in [0.05, 0.1) is 19.3 Å². The molecule has 158 valence electrons. The highest BCUT2D eigenvalue weighted by Gasteiger charge is 2.22. The predicted molar refractivity (Wildman–Crippen MR) is 110 cm³/mol. The zero-order chi connectivity index (χ0) is 21.3. The Morgan fingerprint density at radius 2 is 1.87 bits per heavy atom. The van der Waals surface area contributed by atoms with E-state index in [0.717, 1.165) is 10.9 Å². The van der Waals surface area contributed by atoms with Crippen LogP contribution in [0.2, 0.25) is 0 Å². The minimum atomic E-state index is -2.04. The molecule has 0 aliphatic rings. The number of amides is 1. The van der Waals surface area contributed by atoms with E-state index in [-0.39, 0.29) is 25.4 Å². The molecule has 0 aliphatic carbocycles. The van der Waals surface area contributed by atoms with Crippen molar-refractivity contribution in [3.8, 4) is 5.75 Å². The van der Waals surface area contributed by atoms with Gasteiger partial charge in [-0.25, -0.2) is 0 Å². The summed E-state index contributed by atoms with van der Waals surface area (Å²) in [4.78, 5) is 12.6. The quantitative estimate of drug-likeness (QED) is 0.213. The van der Waals surface area contributed by atoms with Gasteiger partial charge in [-0.05, 0) is 12.1 Å². The molecule has 2 aromatic carbocycles. The second kappa shape index (κ2) is 10.8. The van der Waals surface area contributed by atoms with Crippen molar-refractivity contribution in [1.29, 1.82) is 0 Å². The molecule has 0 unspecified atom stereocenters. The largest absolute Gasteiger partial charge is 0.635 e. The normalized spacial score (nSPS) is 12.0. The van der Waals surface area contributed by atoms with E-state index in [1.54, 1.807) is 30.5 Å². The lowest BCUT2D eigenvalue weighted by molar-refractivity contribution is -0.123. The molecule has 0 bridgehead atoms. The van der Waals surface area contributed by atoms with E-state index in [2.05, 4.69) is 5.32 Å². The highest BCUT2D eigenvalue weighted by Crippen LogP contribution is 2.23. The SMILES string of the molecule is O=C(Cc1ccccc1OCCCO)N[C@H](Cc1coc2ccccc12)OB(O)O. The zero-order valence-electron chi connectivity index (χ0n) is 16.4. The summed E-state index contributed by atoms with van der Waals surface area (Å²) >= 11 is 0. The molecule has 4 N–H and O–H groups in total. The first kappa shape index (κ1) is 21.9. The second-order valence-electron chi connectivity index (χ2n) is 6.69. The maximum atomic E-state index is 12.6. The maximum absolute atomic E-state index is 12.6. The van der Waals surface area contributed by atoms with Crippen molar-refractivity contribution in [3.63, 3.8) is 0 Å². The summed E-state index contributed by atoms with van der Waals surface area (Å²) in [5, 5.41) is 30.9. The van der Waals surface area contributed by atoms with Gasteiger partial charge in [-0.3, -0.25) is 4.79 Å². The Kier molecular flexibility index (Phi) is 7.86. The van der Waals surface area contributed by atoms with E-state index in [9.17, 15) is 14.8 Å². The third-order valence-electron chi connectivity index (χ3n) is 4.46. The molecule has 0 fully saturated rings. The topological polar surface area (TPSA) is 121 Å². The standard InChI is InChI=1S/C21H24BNO7/c24-10-5-11-28-18-8-3-1-6-15(18)12-20(25)23-21(30-22(26)27)13-16-14-29-19-9-4-2-7-17(16)19/h1-4,6-9,14,21,24,26-27H,5,10-13H2,(H,23,25)/t21-/m0/s1. The predicted octanol–water partition coefficient (Wildman–Crippen LogP) is 1.41. The highest BCUT2D eigenvalue weighted by molar-refractivity contribution is 6.32. The molecular weight excluding hydrogens is 389 g/mol. The van der Waals surface area contributed by atoms with Gasteiger partial charge in [0, 0.05) is 36.0 Å². The van der Waals surface area contributed by atoms with Gasteiger partial charge in [0.15, 0.2) is 0 Å². The van der Waals surface area contributed by atoms with Gasteiger partial charge < -0.3 is 34.3 Å². The summed E-state index contributed by atoms with van der Waals surface area (Å²) in [5.74, 6) is 0.188. The third-order valence-corrected chi connectivity index (χ3v) is 4.46. The molecule has 0 radical (unpaired) electrons. The molecule has 3 aromatic rings. The van der Waals surface area contributed by atoms with Crippen LogP contribution in [0.25, 0.3) is 11.0 Å². The Hall–Kier alpha value is -2.85. The number of carbonyl (C=O) groups is 1. The smallest absolute Gasteiger partial charge is 0.493 e. The summed E-state index contributed by atoms with van der Waals surface area (Å²) in [6.45, 7) is 0.360. The number of fused-ring (bicyclic) bond motifs is 1. The van der Waals surface area contributed by atoms with Crippen LogP contribution in [0.1, 0.15) is 17.5 Å². The monoisotopic (exact) mass is 413 g/mol. The highest BCUT2D eigenvalue weighted by atomic mass is 16.6. The molecule has 0 aliphatic heterocycles. The molecule has 30 heavy (non-hydrogen) atoms. The van der Waals surface area contributed by atoms with Crippen LogP contribution in [0.15, 0.2) is 59.2 Å². The van der Waals surface area contributed by atoms with Crippen LogP contribution in [-0.2, 0) is 22.3 Å². The van der Waals surface area contributed by atoms with Crippen LogP contribution in [0, 0.1) is 0 Å². The van der Waals surface area contributed by atoms with Crippen LogP contribution >= 0.6 is 0 Å². The van der Waals surface area contributed by atoms with Gasteiger partial charge in [0.1, 0.15) is 17.6 Å². The third kappa shape index (κ3) is 6.07. The van der Waals surface area contributed by atoms with Gasteiger partial charge in [0.25, 0.3) is 0 Å². The minimum Gasteiger partial charge on any atom is -0.493 e. The Balaban J connectivity index is 1.67. The Morgan fingerprint density at radius 3 is 2.67 bits per heavy atom. The van der Waals surface area contributed by atoms with Crippen molar-refractivity contribution >= 4 is 24.2 Å². The van der Waals surface area contributed by atoms with E-state index >= 15 is 0 Å². The van der Waals surface area contributed by atoms with Gasteiger partial charge in [-0.1, -0.05) is 36.4 Å². The first-order valence-corrected chi connectivity index (χ1v) is 9.64. The number of hydrogen-bond acceptors (Lipinski definition) is 7. The number of hydrogen-bond donors (Lipinski definition) is 4. The number of rotatable bonds is 11. The lowest BCUT2D eigenvalue weighted by atomic mass is 10.1. The van der Waals surface area contributed by atoms with Crippen molar-refractivity contribution in [2.75, 3.05) is 13.2 Å². The lowest BCUT2D eigenvalue weighted by Crippen LogP contribution is -2.43. The molecule has 8 nitrogen and oxygen atoms in total. The summed E-state index contributed by atoms with van der Waals surface area (Å²) in [6.07, 6.45) is 1.28.